The third-order valence-electron chi connectivity index (χ3n) is 6.89. The molecule has 2 aromatic carbocycles. The van der Waals surface area contributed by atoms with Gasteiger partial charge in [0.25, 0.3) is 0 Å². The summed E-state index contributed by atoms with van der Waals surface area (Å²) < 4.78 is 15.0. The molecule has 0 unspecified atom stereocenters. The summed E-state index contributed by atoms with van der Waals surface area (Å²) in [5.74, 6) is 0. The highest BCUT2D eigenvalue weighted by atomic mass is 28.5. The van der Waals surface area contributed by atoms with Gasteiger partial charge in [0.2, 0.25) is 0 Å². The van der Waals surface area contributed by atoms with Crippen LogP contribution in [-0.4, -0.2) is 25.2 Å². The summed E-state index contributed by atoms with van der Waals surface area (Å²) in [7, 11) is -6.62. The molecule has 2 aromatic rings. The van der Waals surface area contributed by atoms with E-state index in [9.17, 15) is 0 Å². The van der Waals surface area contributed by atoms with Crippen LogP contribution in [0.25, 0.3) is 0 Å². The maximum absolute atomic E-state index is 7.50. The quantitative estimate of drug-likeness (QED) is 0.358. The van der Waals surface area contributed by atoms with Crippen molar-refractivity contribution in [3.8, 4) is 0 Å². The third kappa shape index (κ3) is 5.20. The Hall–Kier alpha value is -0.989. The van der Waals surface area contributed by atoms with E-state index in [4.69, 9.17) is 8.23 Å². The van der Waals surface area contributed by atoms with Crippen LogP contribution in [0, 0.1) is 0 Å². The summed E-state index contributed by atoms with van der Waals surface area (Å²) in [4.78, 5) is 0. The number of hydrogen-bond donors (Lipinski definition) is 0. The Morgan fingerprint density at radius 2 is 0.759 bits per heavy atom. The molecule has 160 valence electrons. The van der Waals surface area contributed by atoms with Gasteiger partial charge in [0.15, 0.2) is 16.6 Å². The van der Waals surface area contributed by atoms with Crippen LogP contribution in [0.1, 0.15) is 41.5 Å². The molecule has 0 bridgehead atoms. The molecule has 29 heavy (non-hydrogen) atoms. The normalized spacial score (nSPS) is 12.9. The number of hydrogen-bond acceptors (Lipinski definition) is 2. The maximum Gasteiger partial charge on any atom is 0.386 e. The minimum atomic E-state index is -2.82. The van der Waals surface area contributed by atoms with Gasteiger partial charge in [-0.3, -0.25) is 0 Å². The minimum absolute atomic E-state index is 1.14. The van der Waals surface area contributed by atoms with Crippen molar-refractivity contribution >= 4 is 35.6 Å². The van der Waals surface area contributed by atoms with Crippen molar-refractivity contribution in [1.29, 1.82) is 0 Å². The predicted octanol–water partition coefficient (Wildman–Crippen LogP) is 6.29. The van der Waals surface area contributed by atoms with E-state index in [0.29, 0.717) is 0 Å². The summed E-state index contributed by atoms with van der Waals surface area (Å²) in [6.45, 7) is 13.9. The second kappa shape index (κ2) is 10.9. The van der Waals surface area contributed by atoms with Gasteiger partial charge in [-0.1, -0.05) is 102 Å². The molecule has 0 atom stereocenters. The lowest BCUT2D eigenvalue weighted by molar-refractivity contribution is 0.394. The predicted molar refractivity (Wildman–Crippen MR) is 134 cm³/mol. The topological polar surface area (TPSA) is 18.5 Å². The first-order valence-electron chi connectivity index (χ1n) is 11.5. The van der Waals surface area contributed by atoms with E-state index in [1.54, 1.807) is 0 Å². The summed E-state index contributed by atoms with van der Waals surface area (Å²) in [6, 6.07) is 28.6. The molecule has 0 saturated carbocycles. The fourth-order valence-electron chi connectivity index (χ4n) is 4.28. The Kier molecular flexibility index (Phi) is 9.10. The average Bonchev–Trinajstić information content (AvgIpc) is 2.81. The molecule has 0 spiro atoms. The summed E-state index contributed by atoms with van der Waals surface area (Å²) in [5, 5.41) is 2.54. The lowest BCUT2D eigenvalue weighted by atomic mass is 10.4. The van der Waals surface area contributed by atoms with Gasteiger partial charge in [0.05, 0.1) is 0 Å². The van der Waals surface area contributed by atoms with Crippen LogP contribution < -0.4 is 10.4 Å². The Bertz CT molecular complexity index is 633. The fourth-order valence-corrected chi connectivity index (χ4v) is 19.6. The molecule has 0 amide bonds. The molecule has 2 nitrogen and oxygen atoms in total. The van der Waals surface area contributed by atoms with Crippen LogP contribution >= 0.6 is 0 Å². The van der Waals surface area contributed by atoms with Crippen molar-refractivity contribution in [1.82, 2.24) is 0 Å². The largest absolute Gasteiger partial charge is 0.429 e. The van der Waals surface area contributed by atoms with Gasteiger partial charge in [0, 0.05) is 0 Å². The molecule has 0 saturated heterocycles. The highest BCUT2D eigenvalue weighted by molar-refractivity contribution is 7.03. The molecular weight excluding hydrogens is 405 g/mol. The first kappa shape index (κ1) is 24.3. The fraction of sp³-hybridized carbons (Fsp3) is 0.500. The molecule has 2 rings (SSSR count). The molecule has 0 aromatic heterocycles. The van der Waals surface area contributed by atoms with Crippen LogP contribution in [-0.2, 0) is 8.23 Å². The molecule has 0 aliphatic rings. The molecule has 0 aliphatic heterocycles. The van der Waals surface area contributed by atoms with Crippen molar-refractivity contribution in [2.24, 2.45) is 0 Å². The van der Waals surface area contributed by atoms with E-state index in [2.05, 4.69) is 102 Å². The van der Waals surface area contributed by atoms with Crippen molar-refractivity contribution in [3.63, 3.8) is 0 Å². The lowest BCUT2D eigenvalue weighted by Gasteiger charge is -2.46. The Labute approximate surface area is 182 Å². The number of rotatable bonds is 12. The van der Waals surface area contributed by atoms with E-state index >= 15 is 0 Å². The Balaban J connectivity index is 2.78. The second-order valence-electron chi connectivity index (χ2n) is 8.04. The SMILES string of the molecule is CC[Si](CC)(CC)O[Si](O[Si](CC)(CC)CC)(c1ccccc1)c1ccccc1. The minimum Gasteiger partial charge on any atom is -0.429 e. The Morgan fingerprint density at radius 3 is 1.00 bits per heavy atom. The van der Waals surface area contributed by atoms with E-state index in [1.807, 2.05) is 0 Å². The average molecular weight is 445 g/mol. The molecule has 0 aliphatic carbocycles. The monoisotopic (exact) mass is 444 g/mol. The van der Waals surface area contributed by atoms with Crippen LogP contribution in [0.2, 0.25) is 36.3 Å². The maximum atomic E-state index is 7.50. The molecule has 0 radical (unpaired) electrons. The number of benzene rings is 2. The molecule has 0 N–H and O–H groups in total. The summed E-state index contributed by atoms with van der Waals surface area (Å²) >= 11 is 0. The highest BCUT2D eigenvalue weighted by Crippen LogP contribution is 2.32. The van der Waals surface area contributed by atoms with E-state index in [-0.39, 0.29) is 0 Å². The van der Waals surface area contributed by atoms with Gasteiger partial charge in [-0.15, -0.1) is 0 Å². The first-order chi connectivity index (χ1) is 14.0. The zero-order valence-corrected chi connectivity index (χ0v) is 22.3. The van der Waals surface area contributed by atoms with Crippen LogP contribution in [0.3, 0.4) is 0 Å². The van der Waals surface area contributed by atoms with Gasteiger partial charge < -0.3 is 8.23 Å². The zero-order chi connectivity index (χ0) is 21.4. The zero-order valence-electron chi connectivity index (χ0n) is 19.3. The van der Waals surface area contributed by atoms with E-state index < -0.39 is 25.2 Å². The molecule has 0 fully saturated rings. The second-order valence-corrected chi connectivity index (χ2v) is 21.0. The van der Waals surface area contributed by atoms with E-state index in [1.165, 1.54) is 10.4 Å². The van der Waals surface area contributed by atoms with Gasteiger partial charge in [-0.05, 0) is 46.6 Å². The van der Waals surface area contributed by atoms with Crippen LogP contribution in [0.5, 0.6) is 0 Å². The molecule has 5 heteroatoms. The van der Waals surface area contributed by atoms with Crippen molar-refractivity contribution in [2.45, 2.75) is 77.8 Å². The standard InChI is InChI=1S/C24H40O2Si3/c1-7-27(8-2,9-3)25-29(23-19-15-13-16-20-23,24-21-17-14-18-22-24)26-28(10-4,11-5)12-6/h13-22H,7-12H2,1-6H3. The molecule has 0 heterocycles. The van der Waals surface area contributed by atoms with Crippen molar-refractivity contribution in [3.05, 3.63) is 60.7 Å². The van der Waals surface area contributed by atoms with Gasteiger partial charge in [0.1, 0.15) is 0 Å². The highest BCUT2D eigenvalue weighted by Gasteiger charge is 2.52. The lowest BCUT2D eigenvalue weighted by Crippen LogP contribution is -2.71. The van der Waals surface area contributed by atoms with Gasteiger partial charge in [-0.2, -0.15) is 0 Å². The third-order valence-corrected chi connectivity index (χ3v) is 22.6. The van der Waals surface area contributed by atoms with Crippen LogP contribution in [0.4, 0.5) is 0 Å². The van der Waals surface area contributed by atoms with Crippen molar-refractivity contribution in [2.75, 3.05) is 0 Å². The van der Waals surface area contributed by atoms with Gasteiger partial charge in [-0.25, -0.2) is 0 Å². The van der Waals surface area contributed by atoms with Crippen LogP contribution in [0.15, 0.2) is 60.7 Å². The van der Waals surface area contributed by atoms with Crippen molar-refractivity contribution < 1.29 is 8.23 Å². The Morgan fingerprint density at radius 1 is 0.483 bits per heavy atom. The summed E-state index contributed by atoms with van der Waals surface area (Å²) in [5.41, 5.74) is 0. The molecular formula is C24H40O2Si3. The summed E-state index contributed by atoms with van der Waals surface area (Å²) in [6.07, 6.45) is 0. The van der Waals surface area contributed by atoms with Gasteiger partial charge >= 0.3 is 8.56 Å². The first-order valence-corrected chi connectivity index (χ1v) is 18.4. The van der Waals surface area contributed by atoms with E-state index in [0.717, 1.165) is 36.3 Å². The smallest absolute Gasteiger partial charge is 0.386 e.